The van der Waals surface area contributed by atoms with E-state index in [0.717, 1.165) is 88.9 Å². The maximum absolute atomic E-state index is 13.6. The molecule has 0 aliphatic carbocycles. The largest absolute Gasteiger partial charge is 0.497 e. The first-order valence-electron chi connectivity index (χ1n) is 19.0. The lowest BCUT2D eigenvalue weighted by Gasteiger charge is -2.38. The van der Waals surface area contributed by atoms with Gasteiger partial charge in [-0.2, -0.15) is 0 Å². The van der Waals surface area contributed by atoms with Gasteiger partial charge in [0.25, 0.3) is 0 Å². The zero-order valence-corrected chi connectivity index (χ0v) is 31.9. The van der Waals surface area contributed by atoms with Gasteiger partial charge in [0.1, 0.15) is 22.8 Å². The number of fused-ring (bicyclic) bond motifs is 1. The van der Waals surface area contributed by atoms with Gasteiger partial charge < -0.3 is 29.2 Å². The molecule has 2 atom stereocenters. The molecule has 0 saturated carbocycles. The second kappa shape index (κ2) is 18.1. The quantitative estimate of drug-likeness (QED) is 0.0763. The number of nitrogens with zero attached hydrogens (tertiary/aromatic N) is 1. The molecule has 1 aliphatic rings. The highest BCUT2D eigenvalue weighted by Crippen LogP contribution is 2.42. The van der Waals surface area contributed by atoms with Gasteiger partial charge in [0, 0.05) is 19.5 Å². The van der Waals surface area contributed by atoms with Crippen LogP contribution in [0.2, 0.25) is 0 Å². The lowest BCUT2D eigenvalue weighted by Crippen LogP contribution is -2.42. The van der Waals surface area contributed by atoms with Crippen LogP contribution in [0.1, 0.15) is 73.6 Å². The summed E-state index contributed by atoms with van der Waals surface area (Å²) in [4.78, 5) is 28.6. The van der Waals surface area contributed by atoms with Crippen LogP contribution in [0.3, 0.4) is 0 Å². The number of carbonyl (C=O) groups is 2. The molecule has 8 nitrogen and oxygen atoms in total. The molecule has 1 aliphatic heterocycles. The first kappa shape index (κ1) is 38.4. The predicted octanol–water partition coefficient (Wildman–Crippen LogP) is 8.65. The predicted molar refractivity (Wildman–Crippen MR) is 213 cm³/mol. The molecule has 6 rings (SSSR count). The topological polar surface area (TPSA) is 86.3 Å². The van der Waals surface area contributed by atoms with Crippen molar-refractivity contribution >= 4 is 22.6 Å². The van der Waals surface area contributed by atoms with Crippen molar-refractivity contribution in [2.45, 2.75) is 63.0 Å². The minimum atomic E-state index is -0.929. The van der Waals surface area contributed by atoms with Crippen LogP contribution in [0.25, 0.3) is 10.8 Å². The maximum Gasteiger partial charge on any atom is 0.227 e. The zero-order chi connectivity index (χ0) is 37.9. The summed E-state index contributed by atoms with van der Waals surface area (Å²) in [5.41, 5.74) is 2.98. The Kier molecular flexibility index (Phi) is 12.9. The second-order valence-electron chi connectivity index (χ2n) is 14.0. The number of nitrogens with one attached hydrogen (secondary N) is 1. The smallest absolute Gasteiger partial charge is 0.227 e. The fourth-order valence-electron chi connectivity index (χ4n) is 7.51. The van der Waals surface area contributed by atoms with E-state index in [0.29, 0.717) is 19.6 Å². The number of hydrogen-bond acceptors (Lipinski definition) is 6. The molecule has 0 aromatic heterocycles. The summed E-state index contributed by atoms with van der Waals surface area (Å²) in [5.74, 6) is 2.25. The Morgan fingerprint density at radius 2 is 1.31 bits per heavy atom. The van der Waals surface area contributed by atoms with Crippen molar-refractivity contribution in [2.75, 3.05) is 41.0 Å². The Hall–Kier alpha value is -5.34. The molecule has 0 unspecified atom stereocenters. The van der Waals surface area contributed by atoms with E-state index < -0.39 is 5.60 Å². The van der Waals surface area contributed by atoms with Gasteiger partial charge in [-0.3, -0.25) is 9.59 Å². The van der Waals surface area contributed by atoms with Crippen molar-refractivity contribution in [3.8, 4) is 17.2 Å². The molecule has 1 heterocycles. The Balaban J connectivity index is 1.05. The van der Waals surface area contributed by atoms with Crippen molar-refractivity contribution < 1.29 is 28.5 Å². The molecule has 0 spiro atoms. The van der Waals surface area contributed by atoms with Crippen LogP contribution in [0, 0.1) is 0 Å². The average molecular weight is 729 g/mol. The number of unbranched alkanes of at least 4 members (excludes halogenated alkanes) is 2. The normalized spacial score (nSPS) is 14.8. The molecule has 8 heteroatoms. The summed E-state index contributed by atoms with van der Waals surface area (Å²) in [6.45, 7) is 3.63. The summed E-state index contributed by atoms with van der Waals surface area (Å²) in [6, 6.07) is 38.3. The summed E-state index contributed by atoms with van der Waals surface area (Å²) in [7, 11) is 4.98. The Morgan fingerprint density at radius 1 is 0.722 bits per heavy atom. The summed E-state index contributed by atoms with van der Waals surface area (Å²) in [6.07, 6.45) is 4.76. The Morgan fingerprint density at radius 3 is 1.96 bits per heavy atom. The molecule has 1 saturated heterocycles. The van der Waals surface area contributed by atoms with E-state index in [9.17, 15) is 9.59 Å². The Bertz CT molecular complexity index is 1930. The lowest BCUT2D eigenvalue weighted by atomic mass is 9.80. The van der Waals surface area contributed by atoms with E-state index in [4.69, 9.17) is 18.9 Å². The third kappa shape index (κ3) is 8.71. The van der Waals surface area contributed by atoms with E-state index in [2.05, 4.69) is 47.8 Å². The number of rotatable bonds is 17. The standard InChI is InChI=1S/C46H52N2O6/c1-33(34-16-17-36-31-43(53-4)23-18-35(36)30-34)45(50)47-28-10-6-9-15-44(49)48-29-11-14-40(48)32-54-46(37-12-7-5-8-13-37,38-19-24-41(51-2)25-20-38)39-21-26-42(52-3)27-22-39/h5,7-8,12-13,16-27,30-31,33,40H,6,9-11,14-15,28-29,32H2,1-4H3,(H,47,50)/t33-,40-/m0/s1. The lowest BCUT2D eigenvalue weighted by molar-refractivity contribution is -0.134. The maximum atomic E-state index is 13.6. The van der Waals surface area contributed by atoms with E-state index in [1.807, 2.05) is 84.6 Å². The number of benzene rings is 5. The van der Waals surface area contributed by atoms with Gasteiger partial charge >= 0.3 is 0 Å². The molecule has 2 amide bonds. The van der Waals surface area contributed by atoms with E-state index in [1.54, 1.807) is 21.3 Å². The van der Waals surface area contributed by atoms with Crippen LogP contribution in [0.5, 0.6) is 17.2 Å². The van der Waals surface area contributed by atoms with E-state index >= 15 is 0 Å². The first-order chi connectivity index (χ1) is 26.4. The van der Waals surface area contributed by atoms with Gasteiger partial charge in [-0.15, -0.1) is 0 Å². The molecule has 54 heavy (non-hydrogen) atoms. The molecule has 5 aromatic rings. The molecular formula is C46H52N2O6. The zero-order valence-electron chi connectivity index (χ0n) is 31.9. The van der Waals surface area contributed by atoms with Gasteiger partial charge in [-0.05, 0) is 102 Å². The summed E-state index contributed by atoms with van der Waals surface area (Å²) in [5, 5.41) is 5.25. The third-order valence-corrected chi connectivity index (χ3v) is 10.7. The van der Waals surface area contributed by atoms with Crippen molar-refractivity contribution in [3.05, 3.63) is 138 Å². The first-order valence-corrected chi connectivity index (χ1v) is 19.0. The van der Waals surface area contributed by atoms with Crippen LogP contribution in [0.4, 0.5) is 0 Å². The van der Waals surface area contributed by atoms with Crippen molar-refractivity contribution in [1.82, 2.24) is 10.2 Å². The average Bonchev–Trinajstić information content (AvgIpc) is 3.71. The number of carbonyl (C=O) groups excluding carboxylic acids is 2. The number of likely N-dealkylation sites (tertiary alicyclic amines) is 1. The molecule has 1 fully saturated rings. The molecule has 1 N–H and O–H groups in total. The third-order valence-electron chi connectivity index (χ3n) is 10.7. The molecular weight excluding hydrogens is 677 g/mol. The van der Waals surface area contributed by atoms with Crippen molar-refractivity contribution in [1.29, 1.82) is 0 Å². The van der Waals surface area contributed by atoms with Crippen LogP contribution >= 0.6 is 0 Å². The monoisotopic (exact) mass is 728 g/mol. The van der Waals surface area contributed by atoms with Crippen LogP contribution < -0.4 is 19.5 Å². The minimum Gasteiger partial charge on any atom is -0.497 e. The highest BCUT2D eigenvalue weighted by atomic mass is 16.5. The van der Waals surface area contributed by atoms with Gasteiger partial charge in [-0.25, -0.2) is 0 Å². The summed E-state index contributed by atoms with van der Waals surface area (Å²) < 4.78 is 23.5. The molecule has 0 radical (unpaired) electrons. The highest BCUT2D eigenvalue weighted by molar-refractivity contribution is 5.88. The van der Waals surface area contributed by atoms with Crippen molar-refractivity contribution in [2.24, 2.45) is 0 Å². The molecule has 0 bridgehead atoms. The number of hydrogen-bond donors (Lipinski definition) is 1. The van der Waals surface area contributed by atoms with Gasteiger partial charge in [-0.1, -0.05) is 85.3 Å². The van der Waals surface area contributed by atoms with Crippen LogP contribution in [-0.2, 0) is 19.9 Å². The molecule has 282 valence electrons. The summed E-state index contributed by atoms with van der Waals surface area (Å²) >= 11 is 0. The van der Waals surface area contributed by atoms with Crippen LogP contribution in [0.15, 0.2) is 115 Å². The number of amides is 2. The van der Waals surface area contributed by atoms with Gasteiger partial charge in [0.15, 0.2) is 0 Å². The Labute approximate surface area is 319 Å². The van der Waals surface area contributed by atoms with Crippen molar-refractivity contribution in [3.63, 3.8) is 0 Å². The van der Waals surface area contributed by atoms with Gasteiger partial charge in [0.2, 0.25) is 11.8 Å². The minimum absolute atomic E-state index is 0.00899. The molecule has 5 aromatic carbocycles. The van der Waals surface area contributed by atoms with E-state index in [1.165, 1.54) is 0 Å². The highest BCUT2D eigenvalue weighted by Gasteiger charge is 2.40. The second-order valence-corrected chi connectivity index (χ2v) is 14.0. The van der Waals surface area contributed by atoms with E-state index in [-0.39, 0.29) is 23.8 Å². The number of methoxy groups -OCH3 is 3. The SMILES string of the molecule is COc1ccc(C(OC[C@@H]2CCCN2C(=O)CCCCCNC(=O)[C@@H](C)c2ccc3cc(OC)ccc3c2)(c2ccccc2)c2ccc(OC)cc2)cc1. The van der Waals surface area contributed by atoms with Crippen LogP contribution in [-0.4, -0.2) is 63.8 Å². The number of ether oxygens (including phenoxy) is 4. The fraction of sp³-hybridized carbons (Fsp3) is 0.348. The van der Waals surface area contributed by atoms with Gasteiger partial charge in [0.05, 0.1) is 39.9 Å². The fourth-order valence-corrected chi connectivity index (χ4v) is 7.51.